The average molecular weight is 300 g/mol. The van der Waals surface area contributed by atoms with Crippen LogP contribution in [0.25, 0.3) is 0 Å². The first-order valence-corrected chi connectivity index (χ1v) is 8.71. The molecular formula is C18H28N4. The number of allylic oxidation sites excluding steroid dienone is 2. The molecule has 22 heavy (non-hydrogen) atoms. The Labute approximate surface area is 133 Å². The molecule has 2 heterocycles. The lowest BCUT2D eigenvalue weighted by molar-refractivity contribution is 0.388. The lowest BCUT2D eigenvalue weighted by Crippen LogP contribution is -2.30. The average Bonchev–Trinajstić information content (AvgIpc) is 3.23. The van der Waals surface area contributed by atoms with E-state index in [-0.39, 0.29) is 0 Å². The van der Waals surface area contributed by atoms with Crippen molar-refractivity contribution in [2.45, 2.75) is 64.5 Å². The molecule has 3 aliphatic rings. The number of aliphatic imine (C=N–C) groups is 2. The van der Waals surface area contributed by atoms with Gasteiger partial charge in [0.15, 0.2) is 0 Å². The summed E-state index contributed by atoms with van der Waals surface area (Å²) in [7, 11) is 0. The molecule has 0 amide bonds. The number of hydrogen-bond donors (Lipinski definition) is 2. The van der Waals surface area contributed by atoms with Crippen LogP contribution in [0.4, 0.5) is 0 Å². The van der Waals surface area contributed by atoms with E-state index < -0.39 is 0 Å². The van der Waals surface area contributed by atoms with Gasteiger partial charge < -0.3 is 10.6 Å². The van der Waals surface area contributed by atoms with Gasteiger partial charge in [-0.15, -0.1) is 0 Å². The molecule has 0 aromatic heterocycles. The number of nitrogens with zero attached hydrogens (tertiary/aromatic N) is 2. The van der Waals surface area contributed by atoms with Crippen LogP contribution >= 0.6 is 0 Å². The number of nitrogens with one attached hydrogen (secondary N) is 2. The Balaban J connectivity index is 1.73. The van der Waals surface area contributed by atoms with E-state index in [1.165, 1.54) is 37.1 Å². The third-order valence-corrected chi connectivity index (χ3v) is 4.81. The third-order valence-electron chi connectivity index (χ3n) is 4.81. The zero-order valence-corrected chi connectivity index (χ0v) is 13.9. The summed E-state index contributed by atoms with van der Waals surface area (Å²) in [5.74, 6) is 0. The fourth-order valence-corrected chi connectivity index (χ4v) is 3.57. The standard InChI is InChI=1S/C18H28N4/c1-13(15-9-5-11-19-15)21-17-7-3-4-8-18(17)22-14(2)16-10-6-12-20-16/h9-10,17-20H,3-8,11-12H2,1-2H3. The molecule has 0 spiro atoms. The van der Waals surface area contributed by atoms with E-state index in [0.29, 0.717) is 12.1 Å². The molecule has 1 saturated carbocycles. The van der Waals surface area contributed by atoms with E-state index in [1.54, 1.807) is 0 Å². The van der Waals surface area contributed by atoms with E-state index >= 15 is 0 Å². The predicted octanol–water partition coefficient (Wildman–Crippen LogP) is 2.97. The minimum Gasteiger partial charge on any atom is -0.384 e. The minimum absolute atomic E-state index is 0.342. The van der Waals surface area contributed by atoms with Gasteiger partial charge in [-0.1, -0.05) is 25.0 Å². The molecule has 2 N–H and O–H groups in total. The van der Waals surface area contributed by atoms with Crippen LogP contribution in [0.1, 0.15) is 52.4 Å². The van der Waals surface area contributed by atoms with E-state index in [0.717, 1.165) is 37.4 Å². The molecule has 1 aliphatic carbocycles. The van der Waals surface area contributed by atoms with Crippen molar-refractivity contribution in [3.8, 4) is 0 Å². The quantitative estimate of drug-likeness (QED) is 0.784. The zero-order chi connectivity index (χ0) is 15.4. The van der Waals surface area contributed by atoms with Gasteiger partial charge in [0.05, 0.1) is 34.9 Å². The van der Waals surface area contributed by atoms with Gasteiger partial charge in [0.1, 0.15) is 0 Å². The van der Waals surface area contributed by atoms with Gasteiger partial charge >= 0.3 is 0 Å². The Morgan fingerprint density at radius 1 is 0.864 bits per heavy atom. The first-order valence-electron chi connectivity index (χ1n) is 8.71. The molecule has 4 nitrogen and oxygen atoms in total. The maximum Gasteiger partial charge on any atom is 0.0727 e. The number of hydrogen-bond acceptors (Lipinski definition) is 4. The molecule has 0 aromatic rings. The van der Waals surface area contributed by atoms with Gasteiger partial charge in [0.2, 0.25) is 0 Å². The van der Waals surface area contributed by atoms with E-state index in [2.05, 4.69) is 36.6 Å². The fourth-order valence-electron chi connectivity index (χ4n) is 3.57. The van der Waals surface area contributed by atoms with E-state index in [9.17, 15) is 0 Å². The molecule has 0 bridgehead atoms. The highest BCUT2D eigenvalue weighted by Gasteiger charge is 2.25. The highest BCUT2D eigenvalue weighted by molar-refractivity contribution is 5.99. The second-order valence-electron chi connectivity index (χ2n) is 6.51. The second kappa shape index (κ2) is 7.12. The topological polar surface area (TPSA) is 48.8 Å². The smallest absolute Gasteiger partial charge is 0.0727 e. The van der Waals surface area contributed by atoms with Gasteiger partial charge in [-0.2, -0.15) is 0 Å². The highest BCUT2D eigenvalue weighted by Crippen LogP contribution is 2.25. The van der Waals surface area contributed by atoms with Crippen molar-refractivity contribution in [3.63, 3.8) is 0 Å². The van der Waals surface area contributed by atoms with Crippen LogP contribution in [0.3, 0.4) is 0 Å². The fraction of sp³-hybridized carbons (Fsp3) is 0.667. The Morgan fingerprint density at radius 2 is 1.32 bits per heavy atom. The van der Waals surface area contributed by atoms with E-state index in [1.807, 2.05) is 0 Å². The number of rotatable bonds is 4. The summed E-state index contributed by atoms with van der Waals surface area (Å²) in [4.78, 5) is 10.0. The van der Waals surface area contributed by atoms with Crippen molar-refractivity contribution in [3.05, 3.63) is 23.5 Å². The Kier molecular flexibility index (Phi) is 4.96. The summed E-state index contributed by atoms with van der Waals surface area (Å²) in [5, 5.41) is 6.84. The molecule has 120 valence electrons. The van der Waals surface area contributed by atoms with Gasteiger partial charge in [-0.05, 0) is 39.5 Å². The lowest BCUT2D eigenvalue weighted by atomic mass is 9.90. The van der Waals surface area contributed by atoms with Crippen LogP contribution in [-0.4, -0.2) is 36.6 Å². The summed E-state index contributed by atoms with van der Waals surface area (Å²) in [6.07, 6.45) is 11.6. The third kappa shape index (κ3) is 3.60. The van der Waals surface area contributed by atoms with Crippen molar-refractivity contribution >= 4 is 11.4 Å². The molecule has 0 aromatic carbocycles. The van der Waals surface area contributed by atoms with Crippen molar-refractivity contribution in [2.75, 3.05) is 13.1 Å². The predicted molar refractivity (Wildman–Crippen MR) is 93.7 cm³/mol. The van der Waals surface area contributed by atoms with Crippen LogP contribution in [0.5, 0.6) is 0 Å². The first-order chi connectivity index (χ1) is 10.7. The normalized spacial score (nSPS) is 29.7. The molecule has 1 fully saturated rings. The zero-order valence-electron chi connectivity index (χ0n) is 13.9. The molecule has 3 rings (SSSR count). The molecular weight excluding hydrogens is 272 g/mol. The van der Waals surface area contributed by atoms with Crippen molar-refractivity contribution in [1.82, 2.24) is 10.6 Å². The summed E-state index contributed by atoms with van der Waals surface area (Å²) in [6, 6.07) is 0.683. The summed E-state index contributed by atoms with van der Waals surface area (Å²) in [6.45, 7) is 6.36. The largest absolute Gasteiger partial charge is 0.384 e. The van der Waals surface area contributed by atoms with Crippen LogP contribution in [0, 0.1) is 0 Å². The summed E-state index contributed by atoms with van der Waals surface area (Å²) < 4.78 is 0. The molecule has 2 atom stereocenters. The molecule has 2 unspecified atom stereocenters. The Hall–Kier alpha value is -1.58. The first kappa shape index (κ1) is 15.3. The Bertz CT molecular complexity index is 479. The molecule has 4 heteroatoms. The van der Waals surface area contributed by atoms with Crippen LogP contribution < -0.4 is 10.6 Å². The maximum absolute atomic E-state index is 5.02. The monoisotopic (exact) mass is 300 g/mol. The van der Waals surface area contributed by atoms with E-state index in [4.69, 9.17) is 9.98 Å². The minimum atomic E-state index is 0.342. The molecule has 0 radical (unpaired) electrons. The Morgan fingerprint density at radius 3 is 1.68 bits per heavy atom. The second-order valence-corrected chi connectivity index (χ2v) is 6.51. The molecule has 2 aliphatic heterocycles. The van der Waals surface area contributed by atoms with Crippen LogP contribution in [0.2, 0.25) is 0 Å². The molecule has 0 saturated heterocycles. The van der Waals surface area contributed by atoms with Crippen molar-refractivity contribution in [1.29, 1.82) is 0 Å². The lowest BCUT2D eigenvalue weighted by Gasteiger charge is -2.27. The summed E-state index contributed by atoms with van der Waals surface area (Å²) >= 11 is 0. The van der Waals surface area contributed by atoms with Crippen molar-refractivity contribution < 1.29 is 0 Å². The maximum atomic E-state index is 5.02. The van der Waals surface area contributed by atoms with Gasteiger partial charge in [0, 0.05) is 13.1 Å². The summed E-state index contributed by atoms with van der Waals surface area (Å²) in [5.41, 5.74) is 4.76. The van der Waals surface area contributed by atoms with Gasteiger partial charge in [0.25, 0.3) is 0 Å². The van der Waals surface area contributed by atoms with Gasteiger partial charge in [-0.25, -0.2) is 0 Å². The van der Waals surface area contributed by atoms with Crippen molar-refractivity contribution in [2.24, 2.45) is 9.98 Å². The SMILES string of the molecule is CC(=NC1CCCCC1N=C(C)C1=CCCN1)C1=CCCN1. The van der Waals surface area contributed by atoms with Crippen LogP contribution in [0.15, 0.2) is 33.5 Å². The van der Waals surface area contributed by atoms with Gasteiger partial charge in [-0.3, -0.25) is 9.98 Å². The van der Waals surface area contributed by atoms with Crippen LogP contribution in [-0.2, 0) is 0 Å². The highest BCUT2D eigenvalue weighted by atomic mass is 15.0.